The summed E-state index contributed by atoms with van der Waals surface area (Å²) in [5.41, 5.74) is -1.15. The van der Waals surface area contributed by atoms with Crippen molar-refractivity contribution in [1.29, 1.82) is 0 Å². The van der Waals surface area contributed by atoms with E-state index in [-0.39, 0.29) is 0 Å². The molecule has 6 nitrogen and oxygen atoms in total. The number of carbonyl (C=O) groups is 1. The van der Waals surface area contributed by atoms with Crippen molar-refractivity contribution in [3.05, 3.63) is 80.8 Å². The Hall–Kier alpha value is -3.14. The molecule has 0 saturated heterocycles. The van der Waals surface area contributed by atoms with Crippen LogP contribution in [0.25, 0.3) is 0 Å². The van der Waals surface area contributed by atoms with Crippen molar-refractivity contribution in [2.75, 3.05) is 0 Å². The first kappa shape index (κ1) is 19.2. The quantitative estimate of drug-likeness (QED) is 0.642. The van der Waals surface area contributed by atoms with E-state index >= 15 is 0 Å². The molecular formula is C19H14F3N3O3S. The Kier molecular flexibility index (Phi) is 4.87. The lowest BCUT2D eigenvalue weighted by Crippen LogP contribution is -2.33. The number of hydrazone groups is 1. The lowest BCUT2D eigenvalue weighted by atomic mass is 10.1. The van der Waals surface area contributed by atoms with Gasteiger partial charge in [0.2, 0.25) is 0 Å². The summed E-state index contributed by atoms with van der Waals surface area (Å²) in [6.45, 7) is -0.556. The molecule has 4 rings (SSSR count). The topological polar surface area (TPSA) is 67.8 Å². The fourth-order valence-corrected chi connectivity index (χ4v) is 3.89. The molecule has 3 aromatic heterocycles. The molecule has 0 bridgehead atoms. The third-order valence-electron chi connectivity index (χ3n) is 4.46. The normalized spacial score (nSPS) is 16.9. The van der Waals surface area contributed by atoms with Gasteiger partial charge in [-0.25, -0.2) is 5.01 Å². The van der Waals surface area contributed by atoms with Gasteiger partial charge in [-0.15, -0.1) is 11.3 Å². The van der Waals surface area contributed by atoms with Crippen molar-refractivity contribution in [1.82, 2.24) is 9.58 Å². The number of amides is 1. The highest BCUT2D eigenvalue weighted by Crippen LogP contribution is 2.35. The number of halogens is 3. The molecule has 1 unspecified atom stereocenters. The van der Waals surface area contributed by atoms with Gasteiger partial charge >= 0.3 is 6.18 Å². The largest absolute Gasteiger partial charge is 0.463 e. The number of hydrogen-bond donors (Lipinski definition) is 0. The minimum atomic E-state index is -4.61. The van der Waals surface area contributed by atoms with Crippen LogP contribution in [0.15, 0.2) is 68.6 Å². The first-order chi connectivity index (χ1) is 13.8. The van der Waals surface area contributed by atoms with E-state index in [9.17, 15) is 22.8 Å². The predicted octanol–water partition coefficient (Wildman–Crippen LogP) is 3.90. The third-order valence-corrected chi connectivity index (χ3v) is 5.43. The van der Waals surface area contributed by atoms with Crippen LogP contribution in [0, 0.1) is 0 Å². The van der Waals surface area contributed by atoms with Crippen LogP contribution in [0.5, 0.6) is 0 Å². The zero-order valence-electron chi connectivity index (χ0n) is 14.8. The van der Waals surface area contributed by atoms with E-state index < -0.39 is 35.8 Å². The standard InChI is InChI=1S/C19H14F3N3O3S/c20-19(21,22)12-5-6-17(26)24(10-12)11-18(27)25-14(16-4-2-8-29-16)9-13(23-25)15-3-1-7-28-15/h1-8,10,14H,9,11H2. The molecule has 3 aromatic rings. The summed E-state index contributed by atoms with van der Waals surface area (Å²) in [6.07, 6.45) is -2.08. The molecule has 0 aliphatic carbocycles. The maximum absolute atomic E-state index is 13.0. The highest BCUT2D eigenvalue weighted by Gasteiger charge is 2.35. The summed E-state index contributed by atoms with van der Waals surface area (Å²) >= 11 is 1.44. The van der Waals surface area contributed by atoms with Crippen molar-refractivity contribution in [2.45, 2.75) is 25.2 Å². The van der Waals surface area contributed by atoms with Gasteiger partial charge in [0.1, 0.15) is 18.0 Å². The average molecular weight is 421 g/mol. The zero-order valence-corrected chi connectivity index (χ0v) is 15.6. The third kappa shape index (κ3) is 3.88. The van der Waals surface area contributed by atoms with Crippen LogP contribution in [0.2, 0.25) is 0 Å². The number of pyridine rings is 1. The van der Waals surface area contributed by atoms with Crippen molar-refractivity contribution in [3.63, 3.8) is 0 Å². The Morgan fingerprint density at radius 1 is 1.24 bits per heavy atom. The number of furan rings is 1. The summed E-state index contributed by atoms with van der Waals surface area (Å²) in [6, 6.07) is 8.19. The molecule has 29 heavy (non-hydrogen) atoms. The van der Waals surface area contributed by atoms with Gasteiger partial charge in [0.05, 0.1) is 17.9 Å². The fourth-order valence-electron chi connectivity index (χ4n) is 3.08. The molecule has 0 N–H and O–H groups in total. The van der Waals surface area contributed by atoms with E-state index in [2.05, 4.69) is 5.10 Å². The fraction of sp³-hybridized carbons (Fsp3) is 0.211. The van der Waals surface area contributed by atoms with Crippen molar-refractivity contribution in [2.24, 2.45) is 5.10 Å². The number of nitrogens with zero attached hydrogens (tertiary/aromatic N) is 3. The van der Waals surface area contributed by atoms with Crippen molar-refractivity contribution < 1.29 is 22.4 Å². The molecule has 10 heteroatoms. The molecule has 4 heterocycles. The number of carbonyl (C=O) groups excluding carboxylic acids is 1. The summed E-state index contributed by atoms with van der Waals surface area (Å²) in [5, 5.41) is 7.42. The molecule has 1 atom stereocenters. The molecule has 0 saturated carbocycles. The molecule has 1 aliphatic heterocycles. The average Bonchev–Trinajstić information content (AvgIpc) is 3.42. The zero-order chi connectivity index (χ0) is 20.6. The predicted molar refractivity (Wildman–Crippen MR) is 99.5 cm³/mol. The summed E-state index contributed by atoms with van der Waals surface area (Å²) in [4.78, 5) is 25.8. The van der Waals surface area contributed by atoms with Gasteiger partial charge in [0.15, 0.2) is 0 Å². The van der Waals surface area contributed by atoms with Gasteiger partial charge in [-0.1, -0.05) is 6.07 Å². The molecule has 1 aliphatic rings. The van der Waals surface area contributed by atoms with Gasteiger partial charge in [-0.05, 0) is 29.6 Å². The monoisotopic (exact) mass is 421 g/mol. The second-order valence-corrected chi connectivity index (χ2v) is 7.36. The molecular weight excluding hydrogens is 407 g/mol. The Morgan fingerprint density at radius 3 is 2.72 bits per heavy atom. The van der Waals surface area contributed by atoms with Gasteiger partial charge < -0.3 is 8.98 Å². The summed E-state index contributed by atoms with van der Waals surface area (Å²) in [7, 11) is 0. The molecule has 1 amide bonds. The smallest absolute Gasteiger partial charge is 0.417 e. The highest BCUT2D eigenvalue weighted by molar-refractivity contribution is 7.10. The lowest BCUT2D eigenvalue weighted by Gasteiger charge is -2.21. The van der Waals surface area contributed by atoms with Gasteiger partial charge in [-0.2, -0.15) is 18.3 Å². The van der Waals surface area contributed by atoms with E-state index in [4.69, 9.17) is 4.42 Å². The van der Waals surface area contributed by atoms with Gasteiger partial charge in [0.25, 0.3) is 11.5 Å². The van der Waals surface area contributed by atoms with Crippen LogP contribution >= 0.6 is 11.3 Å². The highest BCUT2D eigenvalue weighted by atomic mass is 32.1. The number of aromatic nitrogens is 1. The Labute approximate surface area is 166 Å². The lowest BCUT2D eigenvalue weighted by molar-refractivity contribution is -0.139. The molecule has 0 aromatic carbocycles. The molecule has 0 fully saturated rings. The number of thiophene rings is 1. The molecule has 0 spiro atoms. The van der Waals surface area contributed by atoms with Crippen LogP contribution < -0.4 is 5.56 Å². The Balaban J connectivity index is 1.64. The van der Waals surface area contributed by atoms with Crippen LogP contribution in [-0.2, 0) is 17.5 Å². The summed E-state index contributed by atoms with van der Waals surface area (Å²) in [5.74, 6) is -0.0792. The van der Waals surface area contributed by atoms with E-state index in [1.54, 1.807) is 12.1 Å². The second kappa shape index (κ2) is 7.36. The summed E-state index contributed by atoms with van der Waals surface area (Å²) < 4.78 is 45.0. The van der Waals surface area contributed by atoms with Crippen LogP contribution in [-0.4, -0.2) is 21.2 Å². The molecule has 150 valence electrons. The maximum Gasteiger partial charge on any atom is 0.417 e. The number of hydrogen-bond acceptors (Lipinski definition) is 5. The Morgan fingerprint density at radius 2 is 2.07 bits per heavy atom. The maximum atomic E-state index is 13.0. The van der Waals surface area contributed by atoms with Crippen LogP contribution in [0.3, 0.4) is 0 Å². The first-order valence-electron chi connectivity index (χ1n) is 8.57. The minimum absolute atomic E-state index is 0.400. The van der Waals surface area contributed by atoms with Crippen LogP contribution in [0.4, 0.5) is 13.2 Å². The minimum Gasteiger partial charge on any atom is -0.463 e. The van der Waals surface area contributed by atoms with Crippen LogP contribution in [0.1, 0.15) is 28.7 Å². The first-order valence-corrected chi connectivity index (χ1v) is 9.45. The van der Waals surface area contributed by atoms with E-state index in [0.29, 0.717) is 30.2 Å². The van der Waals surface area contributed by atoms with Gasteiger partial charge in [0, 0.05) is 23.6 Å². The molecule has 0 radical (unpaired) electrons. The SMILES string of the molecule is O=C(Cn1cc(C(F)(F)F)ccc1=O)N1N=C(c2ccco2)CC1c1cccs1. The van der Waals surface area contributed by atoms with E-state index in [1.165, 1.54) is 22.6 Å². The van der Waals surface area contributed by atoms with E-state index in [1.807, 2.05) is 17.5 Å². The number of rotatable bonds is 4. The van der Waals surface area contributed by atoms with E-state index in [0.717, 1.165) is 15.5 Å². The van der Waals surface area contributed by atoms with Crippen molar-refractivity contribution in [3.8, 4) is 0 Å². The van der Waals surface area contributed by atoms with Gasteiger partial charge in [-0.3, -0.25) is 9.59 Å². The second-order valence-electron chi connectivity index (χ2n) is 6.38. The Bertz CT molecular complexity index is 1100. The van der Waals surface area contributed by atoms with Crippen molar-refractivity contribution >= 4 is 23.0 Å². The number of alkyl halides is 3.